The number of rotatable bonds is 7. The highest BCUT2D eigenvalue weighted by Gasteiger charge is 2.09. The third-order valence-electron chi connectivity index (χ3n) is 4.00. The zero-order valence-corrected chi connectivity index (χ0v) is 19.3. The molecule has 0 saturated heterocycles. The predicted octanol–water partition coefficient (Wildman–Crippen LogP) is 3.92. The molecule has 0 radical (unpaired) electrons. The van der Waals surface area contributed by atoms with Crippen LogP contribution in [0.5, 0.6) is 5.75 Å². The van der Waals surface area contributed by atoms with Gasteiger partial charge in [0.2, 0.25) is 11.7 Å². The molecule has 3 rings (SSSR count). The van der Waals surface area contributed by atoms with Crippen LogP contribution in [-0.2, 0) is 13.0 Å². The van der Waals surface area contributed by atoms with Crippen LogP contribution in [0.3, 0.4) is 0 Å². The van der Waals surface area contributed by atoms with E-state index in [1.807, 2.05) is 36.4 Å². The van der Waals surface area contributed by atoms with Crippen molar-refractivity contribution in [2.45, 2.75) is 13.0 Å². The highest BCUT2D eigenvalue weighted by molar-refractivity contribution is 14.0. The molecule has 0 unspecified atom stereocenters. The van der Waals surface area contributed by atoms with Crippen LogP contribution >= 0.6 is 35.6 Å². The molecule has 0 atom stereocenters. The second-order valence-electron chi connectivity index (χ2n) is 5.98. The van der Waals surface area contributed by atoms with E-state index in [0.29, 0.717) is 42.2 Å². The smallest absolute Gasteiger partial charge is 0.228 e. The minimum Gasteiger partial charge on any atom is -0.497 e. The Balaban J connectivity index is 0.00000300. The number of hydrogen-bond donors (Lipinski definition) is 2. The van der Waals surface area contributed by atoms with E-state index in [1.165, 1.54) is 0 Å². The molecule has 2 N–H and O–H groups in total. The second kappa shape index (κ2) is 11.6. The Kier molecular flexibility index (Phi) is 9.20. The van der Waals surface area contributed by atoms with Gasteiger partial charge in [0.25, 0.3) is 0 Å². The van der Waals surface area contributed by atoms with Crippen molar-refractivity contribution >= 4 is 41.5 Å². The van der Waals surface area contributed by atoms with E-state index in [0.717, 1.165) is 16.9 Å². The van der Waals surface area contributed by atoms with E-state index in [-0.39, 0.29) is 24.0 Å². The van der Waals surface area contributed by atoms with Crippen LogP contribution in [0.15, 0.2) is 58.0 Å². The molecular formula is C20H23ClIN5O2. The first kappa shape index (κ1) is 23.0. The molecule has 0 bridgehead atoms. The number of nitrogens with one attached hydrogen (secondary N) is 2. The van der Waals surface area contributed by atoms with Crippen molar-refractivity contribution in [3.63, 3.8) is 0 Å². The summed E-state index contributed by atoms with van der Waals surface area (Å²) in [5, 5.41) is 11.1. The molecule has 9 heteroatoms. The lowest BCUT2D eigenvalue weighted by Crippen LogP contribution is -2.37. The molecule has 2 aromatic carbocycles. The lowest BCUT2D eigenvalue weighted by atomic mass is 10.2. The molecule has 154 valence electrons. The number of halogens is 2. The van der Waals surface area contributed by atoms with Gasteiger partial charge in [-0.25, -0.2) is 0 Å². The summed E-state index contributed by atoms with van der Waals surface area (Å²) in [5.41, 5.74) is 1.93. The van der Waals surface area contributed by atoms with E-state index >= 15 is 0 Å². The average molecular weight is 528 g/mol. The van der Waals surface area contributed by atoms with E-state index in [2.05, 4.69) is 25.8 Å². The molecule has 0 spiro atoms. The summed E-state index contributed by atoms with van der Waals surface area (Å²) >= 11 is 6.00. The van der Waals surface area contributed by atoms with Gasteiger partial charge in [0.15, 0.2) is 5.96 Å². The van der Waals surface area contributed by atoms with Crippen molar-refractivity contribution in [3.8, 4) is 17.1 Å². The second-order valence-corrected chi connectivity index (χ2v) is 6.41. The maximum absolute atomic E-state index is 6.00. The molecule has 1 heterocycles. The number of aromatic nitrogens is 2. The third kappa shape index (κ3) is 6.90. The highest BCUT2D eigenvalue weighted by atomic mass is 127. The maximum Gasteiger partial charge on any atom is 0.228 e. The fourth-order valence-electron chi connectivity index (χ4n) is 2.58. The molecule has 7 nitrogen and oxygen atoms in total. The van der Waals surface area contributed by atoms with Gasteiger partial charge in [-0.2, -0.15) is 4.98 Å². The van der Waals surface area contributed by atoms with Gasteiger partial charge >= 0.3 is 0 Å². The molecule has 0 saturated carbocycles. The van der Waals surface area contributed by atoms with Crippen molar-refractivity contribution in [2.75, 3.05) is 20.7 Å². The molecule has 0 aliphatic carbocycles. The Morgan fingerprint density at radius 2 is 2.00 bits per heavy atom. The molecule has 3 aromatic rings. The number of guanidine groups is 1. The monoisotopic (exact) mass is 527 g/mol. The molecule has 0 aliphatic rings. The van der Waals surface area contributed by atoms with E-state index < -0.39 is 0 Å². The lowest BCUT2D eigenvalue weighted by Gasteiger charge is -2.11. The summed E-state index contributed by atoms with van der Waals surface area (Å²) in [7, 11) is 3.38. The summed E-state index contributed by atoms with van der Waals surface area (Å²) in [6, 6.07) is 15.2. The van der Waals surface area contributed by atoms with Crippen LogP contribution in [-0.4, -0.2) is 36.8 Å². The Bertz CT molecular complexity index is 948. The Labute approximate surface area is 191 Å². The minimum absolute atomic E-state index is 0. The highest BCUT2D eigenvalue weighted by Crippen LogP contribution is 2.19. The fraction of sp³-hybridized carbons (Fsp3) is 0.250. The normalized spacial score (nSPS) is 10.9. The average Bonchev–Trinajstić information content (AvgIpc) is 3.19. The Morgan fingerprint density at radius 3 is 2.76 bits per heavy atom. The van der Waals surface area contributed by atoms with Gasteiger partial charge in [0.05, 0.1) is 7.11 Å². The summed E-state index contributed by atoms with van der Waals surface area (Å²) in [5.74, 6) is 2.59. The summed E-state index contributed by atoms with van der Waals surface area (Å²) in [6.07, 6.45) is 0.577. The van der Waals surface area contributed by atoms with Gasteiger partial charge in [0, 0.05) is 37.1 Å². The van der Waals surface area contributed by atoms with E-state index in [4.69, 9.17) is 20.9 Å². The number of ether oxygens (including phenoxy) is 1. The first-order valence-electron chi connectivity index (χ1n) is 8.84. The number of hydrogen-bond acceptors (Lipinski definition) is 5. The summed E-state index contributed by atoms with van der Waals surface area (Å²) in [6.45, 7) is 1.24. The molecule has 0 fully saturated rings. The van der Waals surface area contributed by atoms with Crippen LogP contribution < -0.4 is 15.4 Å². The number of nitrogens with zero attached hydrogens (tertiary/aromatic N) is 3. The first-order valence-corrected chi connectivity index (χ1v) is 9.21. The van der Waals surface area contributed by atoms with Gasteiger partial charge in [-0.05, 0) is 29.8 Å². The molecule has 0 aliphatic heterocycles. The largest absolute Gasteiger partial charge is 0.497 e. The SMILES string of the molecule is CN=C(NCCc1nc(-c2cccc(Cl)c2)no1)NCc1cccc(OC)c1.I. The van der Waals surface area contributed by atoms with E-state index in [1.54, 1.807) is 26.3 Å². The van der Waals surface area contributed by atoms with Crippen LogP contribution in [0.2, 0.25) is 5.02 Å². The van der Waals surface area contributed by atoms with Crippen molar-refractivity contribution in [2.24, 2.45) is 4.99 Å². The number of methoxy groups -OCH3 is 1. The molecule has 29 heavy (non-hydrogen) atoms. The van der Waals surface area contributed by atoms with Crippen LogP contribution in [0.25, 0.3) is 11.4 Å². The topological polar surface area (TPSA) is 84.6 Å². The Hall–Kier alpha value is -2.33. The molecular weight excluding hydrogens is 505 g/mol. The van der Waals surface area contributed by atoms with Gasteiger partial charge in [-0.3, -0.25) is 4.99 Å². The molecule has 1 aromatic heterocycles. The van der Waals surface area contributed by atoms with Crippen LogP contribution in [0.1, 0.15) is 11.5 Å². The quantitative estimate of drug-likeness (QED) is 0.275. The van der Waals surface area contributed by atoms with Crippen molar-refractivity contribution in [1.82, 2.24) is 20.8 Å². The summed E-state index contributed by atoms with van der Waals surface area (Å²) in [4.78, 5) is 8.63. The van der Waals surface area contributed by atoms with Gasteiger partial charge in [-0.1, -0.05) is 41.0 Å². The zero-order chi connectivity index (χ0) is 19.8. The van der Waals surface area contributed by atoms with Crippen LogP contribution in [0, 0.1) is 0 Å². The van der Waals surface area contributed by atoms with Crippen LogP contribution in [0.4, 0.5) is 0 Å². The first-order chi connectivity index (χ1) is 13.7. The van der Waals surface area contributed by atoms with Crippen molar-refractivity contribution in [3.05, 3.63) is 65.0 Å². The van der Waals surface area contributed by atoms with E-state index in [9.17, 15) is 0 Å². The van der Waals surface area contributed by atoms with Gasteiger partial charge < -0.3 is 19.9 Å². The Morgan fingerprint density at radius 1 is 1.17 bits per heavy atom. The van der Waals surface area contributed by atoms with Gasteiger partial charge in [-0.15, -0.1) is 24.0 Å². The van der Waals surface area contributed by atoms with Crippen molar-refractivity contribution in [1.29, 1.82) is 0 Å². The number of benzene rings is 2. The zero-order valence-electron chi connectivity index (χ0n) is 16.2. The standard InChI is InChI=1S/C20H22ClN5O2.HI/c1-22-20(24-13-14-5-3-8-17(11-14)27-2)23-10-9-18-25-19(26-28-18)15-6-4-7-16(21)12-15;/h3-8,11-12H,9-10,13H2,1-2H3,(H2,22,23,24);1H. The minimum atomic E-state index is 0. The maximum atomic E-state index is 6.00. The fourth-order valence-corrected chi connectivity index (χ4v) is 2.77. The van der Waals surface area contributed by atoms with Gasteiger partial charge in [0.1, 0.15) is 5.75 Å². The predicted molar refractivity (Wildman–Crippen MR) is 125 cm³/mol. The third-order valence-corrected chi connectivity index (χ3v) is 4.24. The molecule has 0 amide bonds. The lowest BCUT2D eigenvalue weighted by molar-refractivity contribution is 0.378. The number of aliphatic imine (C=N–C) groups is 1. The summed E-state index contributed by atoms with van der Waals surface area (Å²) < 4.78 is 10.5. The van der Waals surface area contributed by atoms with Crippen molar-refractivity contribution < 1.29 is 9.26 Å².